The summed E-state index contributed by atoms with van der Waals surface area (Å²) in [4.78, 5) is 11.2. The third-order valence-electron chi connectivity index (χ3n) is 1.66. The van der Waals surface area contributed by atoms with Gasteiger partial charge in [0, 0.05) is 6.07 Å². The minimum atomic E-state index is -1.10. The number of hydrogen-bond donors (Lipinski definition) is 0. The topological polar surface area (TPSA) is 26.3 Å². The van der Waals surface area contributed by atoms with Crippen molar-refractivity contribution in [3.8, 4) is 5.75 Å². The number of ether oxygens (including phenoxy) is 1. The van der Waals surface area contributed by atoms with Crippen molar-refractivity contribution in [1.29, 1.82) is 0 Å². The summed E-state index contributed by atoms with van der Waals surface area (Å²) in [5, 5.41) is 0. The number of methoxy groups -OCH3 is 1. The summed E-state index contributed by atoms with van der Waals surface area (Å²) in [5.74, 6) is -2.99. The molecule has 0 N–H and O–H groups in total. The summed E-state index contributed by atoms with van der Waals surface area (Å²) in [6.07, 6.45) is 0. The molecular formula is C9H7ClF2O2. The minimum Gasteiger partial charge on any atom is -0.496 e. The summed E-state index contributed by atoms with van der Waals surface area (Å²) < 4.78 is 30.2. The lowest BCUT2D eigenvalue weighted by molar-refractivity contribution is 0.101. The van der Waals surface area contributed by atoms with Gasteiger partial charge in [0.1, 0.15) is 5.75 Å². The molecular weight excluding hydrogens is 214 g/mol. The lowest BCUT2D eigenvalue weighted by atomic mass is 10.1. The van der Waals surface area contributed by atoms with E-state index in [9.17, 15) is 13.6 Å². The zero-order valence-electron chi connectivity index (χ0n) is 7.31. The van der Waals surface area contributed by atoms with Crippen LogP contribution in [-0.4, -0.2) is 18.8 Å². The second kappa shape index (κ2) is 4.37. The number of benzene rings is 1. The van der Waals surface area contributed by atoms with Crippen molar-refractivity contribution >= 4 is 17.4 Å². The first-order valence-electron chi connectivity index (χ1n) is 3.72. The van der Waals surface area contributed by atoms with Gasteiger partial charge in [-0.1, -0.05) is 0 Å². The predicted octanol–water partition coefficient (Wildman–Crippen LogP) is 2.39. The summed E-state index contributed by atoms with van der Waals surface area (Å²) >= 11 is 5.29. The van der Waals surface area contributed by atoms with E-state index >= 15 is 0 Å². The van der Waals surface area contributed by atoms with Crippen LogP contribution in [0.2, 0.25) is 0 Å². The molecule has 0 saturated carbocycles. The van der Waals surface area contributed by atoms with Crippen LogP contribution in [0.1, 0.15) is 10.4 Å². The second-order valence-electron chi connectivity index (χ2n) is 2.52. The molecule has 0 atom stereocenters. The quantitative estimate of drug-likeness (QED) is 0.578. The first-order valence-corrected chi connectivity index (χ1v) is 4.25. The summed E-state index contributed by atoms with van der Waals surface area (Å²) in [6.45, 7) is 0. The monoisotopic (exact) mass is 220 g/mol. The summed E-state index contributed by atoms with van der Waals surface area (Å²) in [6, 6.07) is 1.59. The maximum atomic E-state index is 12.8. The summed E-state index contributed by atoms with van der Waals surface area (Å²) in [5.41, 5.74) is -0.0543. The van der Waals surface area contributed by atoms with Crippen molar-refractivity contribution in [3.63, 3.8) is 0 Å². The number of rotatable bonds is 3. The number of carbonyl (C=O) groups excluding carboxylic acids is 1. The maximum Gasteiger partial charge on any atom is 0.181 e. The fourth-order valence-electron chi connectivity index (χ4n) is 0.987. The van der Waals surface area contributed by atoms with Crippen LogP contribution in [0.15, 0.2) is 12.1 Å². The molecule has 76 valence electrons. The van der Waals surface area contributed by atoms with Crippen molar-refractivity contribution in [1.82, 2.24) is 0 Å². The molecule has 0 aliphatic rings. The number of hydrogen-bond acceptors (Lipinski definition) is 2. The van der Waals surface area contributed by atoms with E-state index in [0.717, 1.165) is 12.1 Å². The van der Waals surface area contributed by atoms with Gasteiger partial charge in [-0.2, -0.15) is 0 Å². The molecule has 0 aromatic heterocycles. The van der Waals surface area contributed by atoms with Crippen LogP contribution in [0.5, 0.6) is 5.75 Å². The van der Waals surface area contributed by atoms with Gasteiger partial charge in [0.2, 0.25) is 0 Å². The Balaban J connectivity index is 3.27. The van der Waals surface area contributed by atoms with Gasteiger partial charge < -0.3 is 4.74 Å². The van der Waals surface area contributed by atoms with Crippen LogP contribution >= 0.6 is 11.6 Å². The molecule has 0 bridgehead atoms. The highest BCUT2D eigenvalue weighted by Gasteiger charge is 2.15. The molecule has 0 unspecified atom stereocenters. The van der Waals surface area contributed by atoms with Crippen molar-refractivity contribution in [2.45, 2.75) is 0 Å². The van der Waals surface area contributed by atoms with Crippen LogP contribution in [0.3, 0.4) is 0 Å². The molecule has 0 saturated heterocycles. The van der Waals surface area contributed by atoms with Gasteiger partial charge in [-0.3, -0.25) is 4.79 Å². The van der Waals surface area contributed by atoms with Crippen LogP contribution in [-0.2, 0) is 0 Å². The number of halogens is 3. The Morgan fingerprint density at radius 1 is 1.43 bits per heavy atom. The van der Waals surface area contributed by atoms with Crippen molar-refractivity contribution in [3.05, 3.63) is 29.3 Å². The van der Waals surface area contributed by atoms with Gasteiger partial charge in [-0.05, 0) is 6.07 Å². The zero-order chi connectivity index (χ0) is 10.7. The van der Waals surface area contributed by atoms with Crippen molar-refractivity contribution < 1.29 is 18.3 Å². The highest BCUT2D eigenvalue weighted by Crippen LogP contribution is 2.22. The number of Topliss-reactive ketones (excluding diaryl/α,β-unsaturated/α-hetero) is 1. The second-order valence-corrected chi connectivity index (χ2v) is 2.79. The fraction of sp³-hybridized carbons (Fsp3) is 0.222. The van der Waals surface area contributed by atoms with Crippen LogP contribution < -0.4 is 4.74 Å². The van der Waals surface area contributed by atoms with E-state index in [1.165, 1.54) is 7.11 Å². The van der Waals surface area contributed by atoms with Gasteiger partial charge in [-0.15, -0.1) is 11.6 Å². The van der Waals surface area contributed by atoms with E-state index in [2.05, 4.69) is 0 Å². The smallest absolute Gasteiger partial charge is 0.181 e. The van der Waals surface area contributed by atoms with Crippen LogP contribution in [0, 0.1) is 11.6 Å². The Labute approximate surface area is 84.4 Å². The Morgan fingerprint density at radius 3 is 2.50 bits per heavy atom. The lowest BCUT2D eigenvalue weighted by Gasteiger charge is -2.06. The standard InChI is InChI=1S/C9H7ClF2O2/c1-14-9-3-7(12)6(11)2-5(9)8(13)4-10/h2-3H,4H2,1H3. The molecule has 0 fully saturated rings. The predicted molar refractivity (Wildman–Crippen MR) is 48.0 cm³/mol. The van der Waals surface area contributed by atoms with E-state index in [-0.39, 0.29) is 17.2 Å². The van der Waals surface area contributed by atoms with Crippen molar-refractivity contribution in [2.24, 2.45) is 0 Å². The number of alkyl halides is 1. The van der Waals surface area contributed by atoms with E-state index in [4.69, 9.17) is 16.3 Å². The molecule has 2 nitrogen and oxygen atoms in total. The van der Waals surface area contributed by atoms with Gasteiger partial charge >= 0.3 is 0 Å². The molecule has 1 rings (SSSR count). The van der Waals surface area contributed by atoms with E-state index < -0.39 is 17.4 Å². The normalized spacial score (nSPS) is 10.0. The Bertz CT molecular complexity index is 366. The molecule has 0 spiro atoms. The molecule has 14 heavy (non-hydrogen) atoms. The van der Waals surface area contributed by atoms with Gasteiger partial charge in [0.05, 0.1) is 18.6 Å². The largest absolute Gasteiger partial charge is 0.496 e. The maximum absolute atomic E-state index is 12.8. The van der Waals surface area contributed by atoms with E-state index in [1.807, 2.05) is 0 Å². The average molecular weight is 221 g/mol. The van der Waals surface area contributed by atoms with Crippen molar-refractivity contribution in [2.75, 3.05) is 13.0 Å². The fourth-order valence-corrected chi connectivity index (χ4v) is 1.13. The Morgan fingerprint density at radius 2 is 2.00 bits per heavy atom. The molecule has 0 amide bonds. The molecule has 1 aromatic carbocycles. The molecule has 0 heterocycles. The third kappa shape index (κ3) is 2.01. The van der Waals surface area contributed by atoms with E-state index in [0.29, 0.717) is 0 Å². The SMILES string of the molecule is COc1cc(F)c(F)cc1C(=O)CCl. The highest BCUT2D eigenvalue weighted by atomic mass is 35.5. The summed E-state index contributed by atoms with van der Waals surface area (Å²) in [7, 11) is 1.26. The Hall–Kier alpha value is -1.16. The first-order chi connectivity index (χ1) is 6.60. The van der Waals surface area contributed by atoms with Gasteiger partial charge in [0.25, 0.3) is 0 Å². The molecule has 0 aliphatic carbocycles. The van der Waals surface area contributed by atoms with E-state index in [1.54, 1.807) is 0 Å². The van der Waals surface area contributed by atoms with Crippen LogP contribution in [0.4, 0.5) is 8.78 Å². The molecule has 0 aliphatic heterocycles. The van der Waals surface area contributed by atoms with Gasteiger partial charge in [-0.25, -0.2) is 8.78 Å². The minimum absolute atomic E-state index is 0.0189. The van der Waals surface area contributed by atoms with Gasteiger partial charge in [0.15, 0.2) is 17.4 Å². The number of carbonyl (C=O) groups is 1. The molecule has 0 radical (unpaired) electrons. The number of ketones is 1. The third-order valence-corrected chi connectivity index (χ3v) is 1.91. The molecule has 5 heteroatoms. The highest BCUT2D eigenvalue weighted by molar-refractivity contribution is 6.30. The Kier molecular flexibility index (Phi) is 3.41. The average Bonchev–Trinajstić information content (AvgIpc) is 2.20. The van der Waals surface area contributed by atoms with Crippen LogP contribution in [0.25, 0.3) is 0 Å². The lowest BCUT2D eigenvalue weighted by Crippen LogP contribution is -2.05. The first kappa shape index (κ1) is 10.9. The molecule has 1 aromatic rings. The zero-order valence-corrected chi connectivity index (χ0v) is 8.07.